The second-order valence-corrected chi connectivity index (χ2v) is 10.1. The minimum atomic E-state index is -4.68. The van der Waals surface area contributed by atoms with E-state index in [0.29, 0.717) is 35.6 Å². The SMILES string of the molecule is CC[C@H]1CN(c2nc3ncccc3c(=O)n2C)CCN1C1CCN(Cc2ccc(OC(F)(F)F)cc2)CC1. The maximum Gasteiger partial charge on any atom is 0.573 e. The maximum absolute atomic E-state index is 12.9. The first-order valence-electron chi connectivity index (χ1n) is 13.1. The van der Waals surface area contributed by atoms with Gasteiger partial charge in [0.15, 0.2) is 5.65 Å². The van der Waals surface area contributed by atoms with Gasteiger partial charge in [-0.3, -0.25) is 19.2 Å². The molecule has 1 atom stereocenters. The lowest BCUT2D eigenvalue weighted by molar-refractivity contribution is -0.274. The van der Waals surface area contributed by atoms with Gasteiger partial charge in [0.25, 0.3) is 5.56 Å². The number of aromatic nitrogens is 3. The van der Waals surface area contributed by atoms with Gasteiger partial charge in [-0.2, -0.15) is 4.98 Å². The Hall–Kier alpha value is -3.18. The van der Waals surface area contributed by atoms with Crippen LogP contribution in [-0.2, 0) is 13.6 Å². The van der Waals surface area contributed by atoms with E-state index in [1.807, 2.05) is 0 Å². The van der Waals surface area contributed by atoms with E-state index in [4.69, 9.17) is 4.98 Å². The monoisotopic (exact) mass is 530 g/mol. The lowest BCUT2D eigenvalue weighted by atomic mass is 9.98. The number of alkyl halides is 3. The molecule has 4 heterocycles. The summed E-state index contributed by atoms with van der Waals surface area (Å²) in [5.41, 5.74) is 1.38. The van der Waals surface area contributed by atoms with Gasteiger partial charge >= 0.3 is 6.36 Å². The molecule has 204 valence electrons. The first kappa shape index (κ1) is 26.4. The summed E-state index contributed by atoms with van der Waals surface area (Å²) in [4.78, 5) is 29.1. The van der Waals surface area contributed by atoms with Gasteiger partial charge in [-0.1, -0.05) is 19.1 Å². The molecule has 2 aromatic heterocycles. The van der Waals surface area contributed by atoms with Crippen LogP contribution in [0.3, 0.4) is 0 Å². The predicted octanol–water partition coefficient (Wildman–Crippen LogP) is 3.79. The number of piperidine rings is 1. The van der Waals surface area contributed by atoms with Gasteiger partial charge in [-0.15, -0.1) is 13.2 Å². The molecule has 3 aromatic rings. The average molecular weight is 531 g/mol. The summed E-state index contributed by atoms with van der Waals surface area (Å²) >= 11 is 0. The van der Waals surface area contributed by atoms with Crippen LogP contribution in [0.25, 0.3) is 11.0 Å². The van der Waals surface area contributed by atoms with Crippen molar-refractivity contribution in [3.63, 3.8) is 0 Å². The second-order valence-electron chi connectivity index (χ2n) is 10.1. The molecule has 0 bridgehead atoms. The van der Waals surface area contributed by atoms with Gasteiger partial charge in [0.2, 0.25) is 5.95 Å². The first-order valence-corrected chi connectivity index (χ1v) is 13.1. The third-order valence-electron chi connectivity index (χ3n) is 7.70. The predicted molar refractivity (Wildman–Crippen MR) is 139 cm³/mol. The van der Waals surface area contributed by atoms with Crippen LogP contribution < -0.4 is 15.2 Å². The van der Waals surface area contributed by atoms with Crippen molar-refractivity contribution < 1.29 is 17.9 Å². The Kier molecular flexibility index (Phi) is 7.58. The third kappa shape index (κ3) is 5.78. The van der Waals surface area contributed by atoms with Crippen LogP contribution >= 0.6 is 0 Å². The summed E-state index contributed by atoms with van der Waals surface area (Å²) in [5, 5.41) is 0.529. The minimum Gasteiger partial charge on any atom is -0.406 e. The molecule has 0 spiro atoms. The number of pyridine rings is 1. The molecule has 1 aromatic carbocycles. The lowest BCUT2D eigenvalue weighted by Crippen LogP contribution is -2.59. The smallest absolute Gasteiger partial charge is 0.406 e. The summed E-state index contributed by atoms with van der Waals surface area (Å²) in [6.07, 6.45) is 0.0772. The van der Waals surface area contributed by atoms with E-state index in [1.165, 1.54) is 12.1 Å². The number of nitrogens with zero attached hydrogens (tertiary/aromatic N) is 6. The van der Waals surface area contributed by atoms with Crippen molar-refractivity contribution in [2.24, 2.45) is 7.05 Å². The lowest BCUT2D eigenvalue weighted by Gasteiger charge is -2.47. The summed E-state index contributed by atoms with van der Waals surface area (Å²) in [6.45, 7) is 7.29. The van der Waals surface area contributed by atoms with Gasteiger partial charge < -0.3 is 9.64 Å². The van der Waals surface area contributed by atoms with Gasteiger partial charge in [-0.25, -0.2) is 4.98 Å². The molecule has 2 aliphatic heterocycles. The Morgan fingerprint density at radius 3 is 2.47 bits per heavy atom. The van der Waals surface area contributed by atoms with E-state index in [0.717, 1.165) is 57.5 Å². The Morgan fingerprint density at radius 2 is 1.79 bits per heavy atom. The van der Waals surface area contributed by atoms with Crippen LogP contribution in [0.5, 0.6) is 5.75 Å². The van der Waals surface area contributed by atoms with Crippen molar-refractivity contribution in [1.29, 1.82) is 0 Å². The number of likely N-dealkylation sites (tertiary alicyclic amines) is 1. The van der Waals surface area contributed by atoms with Crippen LogP contribution in [0, 0.1) is 0 Å². The Balaban J connectivity index is 1.18. The van der Waals surface area contributed by atoms with Crippen LogP contribution in [0.1, 0.15) is 31.7 Å². The zero-order chi connectivity index (χ0) is 26.9. The number of hydrogen-bond acceptors (Lipinski definition) is 7. The minimum absolute atomic E-state index is 0.0801. The molecule has 8 nitrogen and oxygen atoms in total. The standard InChI is InChI=1S/C27H33F3N6O2/c1-3-20-18-35(26-32-24-23(5-4-12-31-24)25(37)33(26)2)15-16-36(20)21-10-13-34(14-11-21)17-19-6-8-22(9-7-19)38-27(28,29)30/h4-9,12,20-21H,3,10-11,13-18H2,1-2H3/t20-/m0/s1. The van der Waals surface area contributed by atoms with Crippen molar-refractivity contribution in [3.8, 4) is 5.75 Å². The molecule has 0 amide bonds. The fraction of sp³-hybridized carbons (Fsp3) is 0.519. The maximum atomic E-state index is 12.9. The van der Waals surface area contributed by atoms with E-state index in [1.54, 1.807) is 42.1 Å². The molecule has 38 heavy (non-hydrogen) atoms. The molecule has 0 N–H and O–H groups in total. The van der Waals surface area contributed by atoms with Crippen molar-refractivity contribution in [2.45, 2.75) is 51.2 Å². The van der Waals surface area contributed by atoms with E-state index in [-0.39, 0.29) is 11.3 Å². The number of fused-ring (bicyclic) bond motifs is 1. The van der Waals surface area contributed by atoms with Crippen LogP contribution in [-0.4, -0.2) is 75.5 Å². The molecular weight excluding hydrogens is 497 g/mol. The van der Waals surface area contributed by atoms with Crippen molar-refractivity contribution in [3.05, 3.63) is 58.5 Å². The number of piperazine rings is 1. The Labute approximate surface area is 219 Å². The molecule has 5 rings (SSSR count). The van der Waals surface area contributed by atoms with Crippen LogP contribution in [0.2, 0.25) is 0 Å². The van der Waals surface area contributed by atoms with E-state index in [2.05, 4.69) is 31.3 Å². The number of rotatable bonds is 6. The zero-order valence-electron chi connectivity index (χ0n) is 21.7. The van der Waals surface area contributed by atoms with Gasteiger partial charge in [0.1, 0.15) is 5.75 Å². The van der Waals surface area contributed by atoms with Crippen LogP contribution in [0.4, 0.5) is 19.1 Å². The number of hydrogen-bond donors (Lipinski definition) is 0. The van der Waals surface area contributed by atoms with Crippen molar-refractivity contribution in [2.75, 3.05) is 37.6 Å². The summed E-state index contributed by atoms with van der Waals surface area (Å²) in [7, 11) is 1.77. The van der Waals surface area contributed by atoms with E-state index in [9.17, 15) is 18.0 Å². The normalized spacial score (nSPS) is 20.2. The molecule has 2 fully saturated rings. The largest absolute Gasteiger partial charge is 0.573 e. The Bertz CT molecular complexity index is 1300. The van der Waals surface area contributed by atoms with Crippen LogP contribution in [0.15, 0.2) is 47.4 Å². The highest BCUT2D eigenvalue weighted by atomic mass is 19.4. The van der Waals surface area contributed by atoms with E-state index < -0.39 is 6.36 Å². The highest BCUT2D eigenvalue weighted by molar-refractivity contribution is 5.74. The first-order chi connectivity index (χ1) is 18.2. The number of benzene rings is 1. The topological polar surface area (TPSA) is 66.7 Å². The fourth-order valence-corrected chi connectivity index (χ4v) is 5.74. The third-order valence-corrected chi connectivity index (χ3v) is 7.70. The zero-order valence-corrected chi connectivity index (χ0v) is 21.7. The molecule has 2 aliphatic rings. The molecule has 0 unspecified atom stereocenters. The number of anilines is 1. The molecular formula is C27H33F3N6O2. The van der Waals surface area contributed by atoms with Crippen molar-refractivity contribution in [1.82, 2.24) is 24.3 Å². The summed E-state index contributed by atoms with van der Waals surface area (Å²) < 4.78 is 42.8. The Morgan fingerprint density at radius 1 is 1.05 bits per heavy atom. The fourth-order valence-electron chi connectivity index (χ4n) is 5.74. The molecule has 0 aliphatic carbocycles. The number of ether oxygens (including phenoxy) is 1. The summed E-state index contributed by atoms with van der Waals surface area (Å²) in [5.74, 6) is 0.473. The molecule has 0 saturated carbocycles. The second kappa shape index (κ2) is 10.9. The average Bonchev–Trinajstić information content (AvgIpc) is 2.91. The summed E-state index contributed by atoms with van der Waals surface area (Å²) in [6, 6.07) is 10.5. The van der Waals surface area contributed by atoms with Crippen molar-refractivity contribution >= 4 is 17.0 Å². The quantitative estimate of drug-likeness (QED) is 0.481. The highest BCUT2D eigenvalue weighted by Gasteiger charge is 2.34. The highest BCUT2D eigenvalue weighted by Crippen LogP contribution is 2.27. The van der Waals surface area contributed by atoms with Gasteiger partial charge in [-0.05, 0) is 62.2 Å². The van der Waals surface area contributed by atoms with Gasteiger partial charge in [0, 0.05) is 51.5 Å². The molecule has 11 heteroatoms. The molecule has 0 radical (unpaired) electrons. The number of halogens is 3. The molecule has 2 saturated heterocycles. The van der Waals surface area contributed by atoms with E-state index >= 15 is 0 Å². The van der Waals surface area contributed by atoms with Gasteiger partial charge in [0.05, 0.1) is 5.39 Å².